The van der Waals surface area contributed by atoms with Crippen molar-refractivity contribution in [3.05, 3.63) is 29.0 Å². The molecule has 3 rings (SSSR count). The zero-order chi connectivity index (χ0) is 13.2. The SMILES string of the molecule is Cc1oc(-c2cccs2)nc1CN(C)C1CCNC1. The molecule has 2 aromatic heterocycles. The van der Waals surface area contributed by atoms with E-state index in [0.717, 1.165) is 41.9 Å². The first-order valence-electron chi connectivity index (χ1n) is 6.65. The van der Waals surface area contributed by atoms with E-state index in [9.17, 15) is 0 Å². The minimum absolute atomic E-state index is 0.612. The van der Waals surface area contributed by atoms with Crippen LogP contribution in [0, 0.1) is 6.92 Å². The summed E-state index contributed by atoms with van der Waals surface area (Å²) in [6.07, 6.45) is 1.21. The van der Waals surface area contributed by atoms with E-state index >= 15 is 0 Å². The molecule has 4 nitrogen and oxygen atoms in total. The van der Waals surface area contributed by atoms with Crippen LogP contribution in [0.4, 0.5) is 0 Å². The monoisotopic (exact) mass is 277 g/mol. The molecular formula is C14H19N3OS. The predicted molar refractivity (Wildman–Crippen MR) is 77.3 cm³/mol. The first kappa shape index (κ1) is 12.8. The molecule has 1 N–H and O–H groups in total. The van der Waals surface area contributed by atoms with Gasteiger partial charge in [0, 0.05) is 19.1 Å². The molecule has 1 saturated heterocycles. The molecule has 1 aliphatic heterocycles. The highest BCUT2D eigenvalue weighted by Crippen LogP contribution is 2.26. The summed E-state index contributed by atoms with van der Waals surface area (Å²) in [5, 5.41) is 5.44. The molecule has 1 fully saturated rings. The van der Waals surface area contributed by atoms with Gasteiger partial charge in [0.05, 0.1) is 10.6 Å². The number of thiophene rings is 1. The fourth-order valence-corrected chi connectivity index (χ4v) is 3.11. The summed E-state index contributed by atoms with van der Waals surface area (Å²) in [6.45, 7) is 5.05. The van der Waals surface area contributed by atoms with Crippen LogP contribution in [0.25, 0.3) is 10.8 Å². The smallest absolute Gasteiger partial charge is 0.236 e. The molecule has 0 radical (unpaired) electrons. The molecule has 102 valence electrons. The second-order valence-electron chi connectivity index (χ2n) is 5.06. The molecule has 1 atom stereocenters. The maximum Gasteiger partial charge on any atom is 0.236 e. The van der Waals surface area contributed by atoms with Crippen LogP contribution >= 0.6 is 11.3 Å². The first-order chi connectivity index (χ1) is 9.24. The van der Waals surface area contributed by atoms with Gasteiger partial charge in [0.15, 0.2) is 0 Å². The van der Waals surface area contributed by atoms with Gasteiger partial charge in [-0.25, -0.2) is 4.98 Å². The summed E-state index contributed by atoms with van der Waals surface area (Å²) in [7, 11) is 2.16. The number of aryl methyl sites for hydroxylation is 1. The van der Waals surface area contributed by atoms with Crippen molar-refractivity contribution in [3.8, 4) is 10.8 Å². The normalized spacial score (nSPS) is 19.4. The van der Waals surface area contributed by atoms with E-state index in [1.54, 1.807) is 11.3 Å². The Morgan fingerprint density at radius 3 is 3.16 bits per heavy atom. The lowest BCUT2D eigenvalue weighted by atomic mass is 10.2. The maximum atomic E-state index is 5.78. The Balaban J connectivity index is 1.74. The summed E-state index contributed by atoms with van der Waals surface area (Å²) in [5.74, 6) is 1.68. The zero-order valence-corrected chi connectivity index (χ0v) is 12.2. The van der Waals surface area contributed by atoms with Gasteiger partial charge in [-0.2, -0.15) is 0 Å². The number of likely N-dealkylation sites (N-methyl/N-ethyl adjacent to an activating group) is 1. The molecule has 0 amide bonds. The van der Waals surface area contributed by atoms with Crippen LogP contribution in [-0.4, -0.2) is 36.1 Å². The second kappa shape index (κ2) is 5.45. The molecule has 0 aromatic carbocycles. The predicted octanol–water partition coefficient (Wildman–Crippen LogP) is 2.51. The Kier molecular flexibility index (Phi) is 3.68. The van der Waals surface area contributed by atoms with Crippen molar-refractivity contribution in [1.82, 2.24) is 15.2 Å². The fourth-order valence-electron chi connectivity index (χ4n) is 2.46. The van der Waals surface area contributed by atoms with Crippen molar-refractivity contribution < 1.29 is 4.42 Å². The largest absolute Gasteiger partial charge is 0.440 e. The number of hydrogen-bond acceptors (Lipinski definition) is 5. The standard InChI is InChI=1S/C14H19N3OS/c1-10-12(9-17(2)11-5-6-15-8-11)16-14(18-10)13-4-3-7-19-13/h3-4,7,11,15H,5-6,8-9H2,1-2H3. The van der Waals surface area contributed by atoms with Crippen LogP contribution in [-0.2, 0) is 6.54 Å². The third-order valence-electron chi connectivity index (χ3n) is 3.68. The molecule has 0 saturated carbocycles. The van der Waals surface area contributed by atoms with E-state index < -0.39 is 0 Å². The third-order valence-corrected chi connectivity index (χ3v) is 4.54. The molecule has 2 aromatic rings. The molecule has 19 heavy (non-hydrogen) atoms. The van der Waals surface area contributed by atoms with Gasteiger partial charge >= 0.3 is 0 Å². The van der Waals surface area contributed by atoms with E-state index in [2.05, 4.69) is 22.2 Å². The van der Waals surface area contributed by atoms with E-state index in [1.807, 2.05) is 24.4 Å². The molecule has 3 heterocycles. The Labute approximate surface area is 117 Å². The number of nitrogens with one attached hydrogen (secondary N) is 1. The van der Waals surface area contributed by atoms with Crippen molar-refractivity contribution in [2.24, 2.45) is 0 Å². The van der Waals surface area contributed by atoms with Crippen LogP contribution in [0.15, 0.2) is 21.9 Å². The van der Waals surface area contributed by atoms with Crippen LogP contribution in [0.5, 0.6) is 0 Å². The summed E-state index contributed by atoms with van der Waals surface area (Å²) in [6, 6.07) is 4.68. The van der Waals surface area contributed by atoms with Gasteiger partial charge in [-0.3, -0.25) is 4.90 Å². The van der Waals surface area contributed by atoms with Crippen molar-refractivity contribution in [3.63, 3.8) is 0 Å². The van der Waals surface area contributed by atoms with Gasteiger partial charge in [-0.05, 0) is 38.4 Å². The maximum absolute atomic E-state index is 5.78. The Bertz CT molecular complexity index is 529. The average molecular weight is 277 g/mol. The van der Waals surface area contributed by atoms with Crippen molar-refractivity contribution in [2.45, 2.75) is 25.9 Å². The van der Waals surface area contributed by atoms with Crippen LogP contribution in [0.2, 0.25) is 0 Å². The van der Waals surface area contributed by atoms with Crippen LogP contribution in [0.3, 0.4) is 0 Å². The average Bonchev–Trinajstić information content (AvgIpc) is 3.09. The Hall–Kier alpha value is -1.17. The van der Waals surface area contributed by atoms with E-state index in [-0.39, 0.29) is 0 Å². The Morgan fingerprint density at radius 1 is 1.58 bits per heavy atom. The van der Waals surface area contributed by atoms with E-state index in [1.165, 1.54) is 6.42 Å². The topological polar surface area (TPSA) is 41.3 Å². The summed E-state index contributed by atoms with van der Waals surface area (Å²) < 4.78 is 5.78. The van der Waals surface area contributed by atoms with Crippen molar-refractivity contribution in [2.75, 3.05) is 20.1 Å². The summed E-state index contributed by atoms with van der Waals surface area (Å²) in [4.78, 5) is 8.11. The highest BCUT2D eigenvalue weighted by molar-refractivity contribution is 7.13. The van der Waals surface area contributed by atoms with Crippen LogP contribution in [0.1, 0.15) is 17.9 Å². The van der Waals surface area contributed by atoms with Gasteiger partial charge < -0.3 is 9.73 Å². The van der Waals surface area contributed by atoms with Gasteiger partial charge in [-0.1, -0.05) is 6.07 Å². The molecule has 0 spiro atoms. The lowest BCUT2D eigenvalue weighted by Gasteiger charge is -2.22. The van der Waals surface area contributed by atoms with Crippen LogP contribution < -0.4 is 5.32 Å². The molecule has 0 bridgehead atoms. The Morgan fingerprint density at radius 2 is 2.47 bits per heavy atom. The zero-order valence-electron chi connectivity index (χ0n) is 11.3. The number of hydrogen-bond donors (Lipinski definition) is 1. The van der Waals surface area contributed by atoms with Crippen molar-refractivity contribution in [1.29, 1.82) is 0 Å². The quantitative estimate of drug-likeness (QED) is 0.932. The molecule has 1 aliphatic rings. The fraction of sp³-hybridized carbons (Fsp3) is 0.500. The van der Waals surface area contributed by atoms with Gasteiger partial charge in [0.25, 0.3) is 0 Å². The minimum atomic E-state index is 0.612. The van der Waals surface area contributed by atoms with Gasteiger partial charge in [0.2, 0.25) is 5.89 Å². The second-order valence-corrected chi connectivity index (χ2v) is 6.01. The summed E-state index contributed by atoms with van der Waals surface area (Å²) in [5.41, 5.74) is 1.05. The number of aromatic nitrogens is 1. The highest BCUT2D eigenvalue weighted by Gasteiger charge is 2.21. The lowest BCUT2D eigenvalue weighted by Crippen LogP contribution is -2.33. The lowest BCUT2D eigenvalue weighted by molar-refractivity contribution is 0.245. The van der Waals surface area contributed by atoms with Gasteiger partial charge in [0.1, 0.15) is 5.76 Å². The number of rotatable bonds is 4. The number of nitrogens with zero attached hydrogens (tertiary/aromatic N) is 2. The van der Waals surface area contributed by atoms with Gasteiger partial charge in [-0.15, -0.1) is 11.3 Å². The van der Waals surface area contributed by atoms with E-state index in [4.69, 9.17) is 4.42 Å². The first-order valence-corrected chi connectivity index (χ1v) is 7.53. The van der Waals surface area contributed by atoms with E-state index in [0.29, 0.717) is 6.04 Å². The molecule has 5 heteroatoms. The summed E-state index contributed by atoms with van der Waals surface area (Å²) >= 11 is 1.66. The molecule has 0 aliphatic carbocycles. The number of oxazole rings is 1. The molecular weight excluding hydrogens is 258 g/mol. The third kappa shape index (κ3) is 2.73. The minimum Gasteiger partial charge on any atom is -0.440 e. The highest BCUT2D eigenvalue weighted by atomic mass is 32.1. The van der Waals surface area contributed by atoms with Crippen molar-refractivity contribution >= 4 is 11.3 Å². The molecule has 1 unspecified atom stereocenters.